The van der Waals surface area contributed by atoms with Gasteiger partial charge in [-0.3, -0.25) is 0 Å². The Kier molecular flexibility index (Phi) is 4.77. The van der Waals surface area contributed by atoms with Crippen molar-refractivity contribution in [3.63, 3.8) is 0 Å². The van der Waals surface area contributed by atoms with Gasteiger partial charge in [-0.05, 0) is 36.1 Å². The first-order valence-corrected chi connectivity index (χ1v) is 5.76. The standard InChI is InChI=1S/C13H22N2O/c1-4-10-7-11(5-6-12(10)16-3)13(15)9(2)8-14/h5-7,9,13H,4,8,14-15H2,1-3H3. The van der Waals surface area contributed by atoms with E-state index in [1.54, 1.807) is 7.11 Å². The van der Waals surface area contributed by atoms with Gasteiger partial charge in [-0.25, -0.2) is 0 Å². The number of hydrogen-bond acceptors (Lipinski definition) is 3. The van der Waals surface area contributed by atoms with Crippen LogP contribution in [0.3, 0.4) is 0 Å². The molecule has 0 saturated carbocycles. The van der Waals surface area contributed by atoms with Crippen LogP contribution in [-0.4, -0.2) is 13.7 Å². The van der Waals surface area contributed by atoms with Gasteiger partial charge in [-0.2, -0.15) is 0 Å². The Hall–Kier alpha value is -1.06. The Morgan fingerprint density at radius 3 is 2.56 bits per heavy atom. The van der Waals surface area contributed by atoms with E-state index in [4.69, 9.17) is 16.2 Å². The minimum Gasteiger partial charge on any atom is -0.496 e. The minimum absolute atomic E-state index is 0.00112. The molecule has 0 aliphatic rings. The van der Waals surface area contributed by atoms with Crippen molar-refractivity contribution in [1.82, 2.24) is 0 Å². The van der Waals surface area contributed by atoms with Crippen LogP contribution in [0.2, 0.25) is 0 Å². The molecule has 16 heavy (non-hydrogen) atoms. The quantitative estimate of drug-likeness (QED) is 0.799. The molecule has 3 nitrogen and oxygen atoms in total. The number of hydrogen-bond donors (Lipinski definition) is 2. The van der Waals surface area contributed by atoms with Crippen molar-refractivity contribution in [1.29, 1.82) is 0 Å². The molecule has 2 atom stereocenters. The van der Waals surface area contributed by atoms with Crippen molar-refractivity contribution in [3.05, 3.63) is 29.3 Å². The van der Waals surface area contributed by atoms with E-state index in [1.807, 2.05) is 12.1 Å². The summed E-state index contributed by atoms with van der Waals surface area (Å²) in [6, 6.07) is 6.13. The van der Waals surface area contributed by atoms with Crippen LogP contribution in [0.1, 0.15) is 31.0 Å². The molecule has 0 radical (unpaired) electrons. The fourth-order valence-electron chi connectivity index (χ4n) is 1.76. The van der Waals surface area contributed by atoms with Crippen LogP contribution in [0.15, 0.2) is 18.2 Å². The van der Waals surface area contributed by atoms with Crippen LogP contribution in [0.4, 0.5) is 0 Å². The summed E-state index contributed by atoms with van der Waals surface area (Å²) in [4.78, 5) is 0. The van der Waals surface area contributed by atoms with E-state index < -0.39 is 0 Å². The summed E-state index contributed by atoms with van der Waals surface area (Å²) < 4.78 is 5.29. The third-order valence-electron chi connectivity index (χ3n) is 3.06. The Labute approximate surface area is 97.8 Å². The molecule has 90 valence electrons. The van der Waals surface area contributed by atoms with Crippen LogP contribution >= 0.6 is 0 Å². The van der Waals surface area contributed by atoms with Gasteiger partial charge in [-0.1, -0.05) is 26.0 Å². The van der Waals surface area contributed by atoms with Gasteiger partial charge in [0.05, 0.1) is 7.11 Å². The zero-order valence-corrected chi connectivity index (χ0v) is 10.4. The highest BCUT2D eigenvalue weighted by Gasteiger charge is 2.14. The van der Waals surface area contributed by atoms with Gasteiger partial charge in [0.2, 0.25) is 0 Å². The average molecular weight is 222 g/mol. The highest BCUT2D eigenvalue weighted by molar-refractivity contribution is 5.38. The van der Waals surface area contributed by atoms with E-state index in [0.717, 1.165) is 17.7 Å². The summed E-state index contributed by atoms with van der Waals surface area (Å²) in [5.74, 6) is 1.22. The number of benzene rings is 1. The van der Waals surface area contributed by atoms with Crippen LogP contribution in [0.5, 0.6) is 5.75 Å². The third-order valence-corrected chi connectivity index (χ3v) is 3.06. The van der Waals surface area contributed by atoms with E-state index in [9.17, 15) is 0 Å². The Bertz CT molecular complexity index is 339. The van der Waals surface area contributed by atoms with E-state index >= 15 is 0 Å². The summed E-state index contributed by atoms with van der Waals surface area (Å²) in [6.45, 7) is 4.79. The molecular weight excluding hydrogens is 200 g/mol. The number of aryl methyl sites for hydroxylation is 1. The minimum atomic E-state index is 0.00112. The molecule has 0 amide bonds. The maximum Gasteiger partial charge on any atom is 0.122 e. The number of methoxy groups -OCH3 is 1. The maximum absolute atomic E-state index is 6.14. The van der Waals surface area contributed by atoms with Crippen molar-refractivity contribution < 1.29 is 4.74 Å². The fraction of sp³-hybridized carbons (Fsp3) is 0.538. The van der Waals surface area contributed by atoms with Gasteiger partial charge in [0.1, 0.15) is 5.75 Å². The molecule has 2 unspecified atom stereocenters. The average Bonchev–Trinajstić information content (AvgIpc) is 2.35. The highest BCUT2D eigenvalue weighted by Crippen LogP contribution is 2.25. The van der Waals surface area contributed by atoms with Gasteiger partial charge in [0.25, 0.3) is 0 Å². The summed E-state index contributed by atoms with van der Waals surface area (Å²) in [5.41, 5.74) is 14.1. The molecule has 3 heteroatoms. The molecule has 1 aromatic carbocycles. The topological polar surface area (TPSA) is 61.3 Å². The molecule has 0 bridgehead atoms. The van der Waals surface area contributed by atoms with Crippen molar-refractivity contribution in [3.8, 4) is 5.75 Å². The molecule has 1 aromatic rings. The van der Waals surface area contributed by atoms with Gasteiger partial charge in [-0.15, -0.1) is 0 Å². The second kappa shape index (κ2) is 5.87. The molecule has 0 spiro atoms. The number of ether oxygens (including phenoxy) is 1. The molecule has 0 fully saturated rings. The van der Waals surface area contributed by atoms with E-state index in [-0.39, 0.29) is 12.0 Å². The lowest BCUT2D eigenvalue weighted by atomic mass is 9.93. The van der Waals surface area contributed by atoms with Crippen LogP contribution in [-0.2, 0) is 6.42 Å². The smallest absolute Gasteiger partial charge is 0.122 e. The molecule has 4 N–H and O–H groups in total. The first-order chi connectivity index (χ1) is 7.63. The van der Waals surface area contributed by atoms with Crippen LogP contribution in [0.25, 0.3) is 0 Å². The summed E-state index contributed by atoms with van der Waals surface area (Å²) in [7, 11) is 1.69. The molecule has 1 rings (SSSR count). The lowest BCUT2D eigenvalue weighted by Gasteiger charge is -2.20. The lowest BCUT2D eigenvalue weighted by molar-refractivity contribution is 0.409. The molecular formula is C13H22N2O. The monoisotopic (exact) mass is 222 g/mol. The predicted molar refractivity (Wildman–Crippen MR) is 67.5 cm³/mol. The molecule has 0 heterocycles. The predicted octanol–water partition coefficient (Wildman–Crippen LogP) is 1.85. The molecule has 0 saturated heterocycles. The fourth-order valence-corrected chi connectivity index (χ4v) is 1.76. The zero-order valence-electron chi connectivity index (χ0n) is 10.4. The van der Waals surface area contributed by atoms with Crippen molar-refractivity contribution in [2.75, 3.05) is 13.7 Å². The van der Waals surface area contributed by atoms with E-state index in [0.29, 0.717) is 6.54 Å². The second-order valence-electron chi connectivity index (χ2n) is 4.16. The lowest BCUT2D eigenvalue weighted by Crippen LogP contribution is -2.25. The van der Waals surface area contributed by atoms with Crippen molar-refractivity contribution in [2.45, 2.75) is 26.3 Å². The zero-order chi connectivity index (χ0) is 12.1. The maximum atomic E-state index is 6.14. The molecule has 0 aliphatic carbocycles. The van der Waals surface area contributed by atoms with Gasteiger partial charge >= 0.3 is 0 Å². The largest absolute Gasteiger partial charge is 0.496 e. The van der Waals surface area contributed by atoms with Gasteiger partial charge in [0.15, 0.2) is 0 Å². The Morgan fingerprint density at radius 2 is 2.06 bits per heavy atom. The van der Waals surface area contributed by atoms with E-state index in [2.05, 4.69) is 19.9 Å². The van der Waals surface area contributed by atoms with Crippen molar-refractivity contribution in [2.24, 2.45) is 17.4 Å². The molecule has 0 aromatic heterocycles. The van der Waals surface area contributed by atoms with Crippen LogP contribution < -0.4 is 16.2 Å². The summed E-state index contributed by atoms with van der Waals surface area (Å²) in [5, 5.41) is 0. The number of nitrogens with two attached hydrogens (primary N) is 2. The highest BCUT2D eigenvalue weighted by atomic mass is 16.5. The van der Waals surface area contributed by atoms with E-state index in [1.165, 1.54) is 5.56 Å². The third kappa shape index (κ3) is 2.74. The Balaban J connectivity index is 2.98. The first-order valence-electron chi connectivity index (χ1n) is 5.76. The second-order valence-corrected chi connectivity index (χ2v) is 4.16. The Morgan fingerprint density at radius 1 is 1.38 bits per heavy atom. The van der Waals surface area contributed by atoms with Crippen LogP contribution in [0, 0.1) is 5.92 Å². The SMILES string of the molecule is CCc1cc(C(N)C(C)CN)ccc1OC. The first kappa shape index (κ1) is 13.0. The molecule has 0 aliphatic heterocycles. The van der Waals surface area contributed by atoms with Gasteiger partial charge < -0.3 is 16.2 Å². The van der Waals surface area contributed by atoms with Crippen molar-refractivity contribution >= 4 is 0 Å². The van der Waals surface area contributed by atoms with Gasteiger partial charge in [0, 0.05) is 6.04 Å². The normalized spacial score (nSPS) is 14.6. The summed E-state index contributed by atoms with van der Waals surface area (Å²) >= 11 is 0. The number of rotatable bonds is 5. The summed E-state index contributed by atoms with van der Waals surface area (Å²) in [6.07, 6.45) is 0.945.